The fourth-order valence-corrected chi connectivity index (χ4v) is 1.99. The van der Waals surface area contributed by atoms with Gasteiger partial charge in [0.15, 0.2) is 0 Å². The summed E-state index contributed by atoms with van der Waals surface area (Å²) in [6.07, 6.45) is 7.51. The third-order valence-corrected chi connectivity index (χ3v) is 2.86. The van der Waals surface area contributed by atoms with Gasteiger partial charge in [-0.05, 0) is 31.6 Å². The molecule has 0 aliphatic carbocycles. The number of ether oxygens (including phenoxy) is 1. The number of hydrogen-bond donors (Lipinski definition) is 1. The van der Waals surface area contributed by atoms with Crippen LogP contribution in [-0.4, -0.2) is 19.1 Å². The molecule has 1 heterocycles. The average molecular weight is 199 g/mol. The molecule has 0 aromatic carbocycles. The summed E-state index contributed by atoms with van der Waals surface area (Å²) in [7, 11) is 0. The van der Waals surface area contributed by atoms with E-state index in [1.54, 1.807) is 0 Å². The van der Waals surface area contributed by atoms with Crippen molar-refractivity contribution in [3.63, 3.8) is 0 Å². The summed E-state index contributed by atoms with van der Waals surface area (Å²) in [6, 6.07) is 0. The zero-order valence-corrected chi connectivity index (χ0v) is 8.84. The molecule has 0 saturated carbocycles. The fraction of sp³-hybridized carbons (Fsp3) is 0.909. The first-order valence-corrected chi connectivity index (χ1v) is 5.65. The minimum atomic E-state index is -0.174. The SMILES string of the molecule is NC(=O)CCCC1CCCCOCC1. The highest BCUT2D eigenvalue weighted by Gasteiger charge is 2.11. The average Bonchev–Trinajstić information content (AvgIpc) is 2.07. The van der Waals surface area contributed by atoms with Gasteiger partial charge in [0, 0.05) is 19.6 Å². The van der Waals surface area contributed by atoms with Crippen LogP contribution in [0.25, 0.3) is 0 Å². The molecule has 1 rings (SSSR count). The third-order valence-electron chi connectivity index (χ3n) is 2.86. The Labute approximate surface area is 86.0 Å². The van der Waals surface area contributed by atoms with Gasteiger partial charge in [-0.3, -0.25) is 4.79 Å². The third kappa shape index (κ3) is 5.22. The lowest BCUT2D eigenvalue weighted by Gasteiger charge is -2.19. The first kappa shape index (κ1) is 11.5. The van der Waals surface area contributed by atoms with Crippen molar-refractivity contribution in [1.29, 1.82) is 0 Å². The van der Waals surface area contributed by atoms with Crippen LogP contribution < -0.4 is 5.73 Å². The zero-order valence-electron chi connectivity index (χ0n) is 8.84. The molecule has 0 spiro atoms. The van der Waals surface area contributed by atoms with Crippen molar-refractivity contribution in [1.82, 2.24) is 0 Å². The van der Waals surface area contributed by atoms with E-state index in [0.29, 0.717) is 6.42 Å². The Morgan fingerprint density at radius 3 is 2.93 bits per heavy atom. The van der Waals surface area contributed by atoms with Crippen molar-refractivity contribution in [3.05, 3.63) is 0 Å². The Morgan fingerprint density at radius 1 is 1.29 bits per heavy atom. The smallest absolute Gasteiger partial charge is 0.217 e. The number of hydrogen-bond acceptors (Lipinski definition) is 2. The van der Waals surface area contributed by atoms with E-state index >= 15 is 0 Å². The number of carbonyl (C=O) groups is 1. The van der Waals surface area contributed by atoms with Gasteiger partial charge in [0.2, 0.25) is 5.91 Å². The molecule has 3 nitrogen and oxygen atoms in total. The van der Waals surface area contributed by atoms with E-state index in [2.05, 4.69) is 0 Å². The number of amides is 1. The second kappa shape index (κ2) is 6.82. The minimum absolute atomic E-state index is 0.174. The highest BCUT2D eigenvalue weighted by atomic mass is 16.5. The summed E-state index contributed by atoms with van der Waals surface area (Å²) < 4.78 is 5.44. The van der Waals surface area contributed by atoms with E-state index in [1.165, 1.54) is 19.3 Å². The van der Waals surface area contributed by atoms with Crippen molar-refractivity contribution < 1.29 is 9.53 Å². The van der Waals surface area contributed by atoms with Crippen LogP contribution in [0.4, 0.5) is 0 Å². The second-order valence-electron chi connectivity index (χ2n) is 4.12. The normalized spacial score (nSPS) is 23.9. The highest BCUT2D eigenvalue weighted by Crippen LogP contribution is 2.21. The molecule has 3 heteroatoms. The summed E-state index contributed by atoms with van der Waals surface area (Å²) in [5, 5.41) is 0. The van der Waals surface area contributed by atoms with Crippen molar-refractivity contribution in [2.45, 2.75) is 44.9 Å². The Kier molecular flexibility index (Phi) is 5.60. The maximum absolute atomic E-state index is 10.6. The van der Waals surface area contributed by atoms with Gasteiger partial charge in [-0.1, -0.05) is 12.8 Å². The molecule has 0 aromatic rings. The molecular weight excluding hydrogens is 178 g/mol. The number of rotatable bonds is 4. The monoisotopic (exact) mass is 199 g/mol. The first-order valence-electron chi connectivity index (χ1n) is 5.65. The topological polar surface area (TPSA) is 52.3 Å². The largest absolute Gasteiger partial charge is 0.381 e. The molecular formula is C11H21NO2. The van der Waals surface area contributed by atoms with Crippen molar-refractivity contribution in [2.24, 2.45) is 11.7 Å². The molecule has 0 bridgehead atoms. The molecule has 82 valence electrons. The lowest BCUT2D eigenvalue weighted by molar-refractivity contribution is -0.118. The molecule has 0 radical (unpaired) electrons. The van der Waals surface area contributed by atoms with Crippen LogP contribution in [0.1, 0.15) is 44.9 Å². The van der Waals surface area contributed by atoms with Gasteiger partial charge < -0.3 is 10.5 Å². The quantitative estimate of drug-likeness (QED) is 0.751. The fourth-order valence-electron chi connectivity index (χ4n) is 1.99. The van der Waals surface area contributed by atoms with Gasteiger partial charge in [-0.15, -0.1) is 0 Å². The summed E-state index contributed by atoms with van der Waals surface area (Å²) in [5.41, 5.74) is 5.10. The predicted octanol–water partition coefficient (Wildman–Crippen LogP) is 1.85. The van der Waals surface area contributed by atoms with Crippen LogP contribution in [-0.2, 0) is 9.53 Å². The first-order chi connectivity index (χ1) is 6.79. The van der Waals surface area contributed by atoms with Crippen LogP contribution >= 0.6 is 0 Å². The number of carbonyl (C=O) groups excluding carboxylic acids is 1. The molecule has 1 unspecified atom stereocenters. The van der Waals surface area contributed by atoms with Gasteiger partial charge in [-0.25, -0.2) is 0 Å². The highest BCUT2D eigenvalue weighted by molar-refractivity contribution is 5.73. The van der Waals surface area contributed by atoms with Crippen molar-refractivity contribution >= 4 is 5.91 Å². The van der Waals surface area contributed by atoms with E-state index in [9.17, 15) is 4.79 Å². The Hall–Kier alpha value is -0.570. The van der Waals surface area contributed by atoms with E-state index in [4.69, 9.17) is 10.5 Å². The van der Waals surface area contributed by atoms with Crippen LogP contribution in [0.5, 0.6) is 0 Å². The molecule has 1 aliphatic heterocycles. The molecule has 1 atom stereocenters. The molecule has 1 aliphatic rings. The van der Waals surface area contributed by atoms with E-state index in [1.807, 2.05) is 0 Å². The molecule has 2 N–H and O–H groups in total. The van der Waals surface area contributed by atoms with E-state index in [-0.39, 0.29) is 5.91 Å². The molecule has 1 amide bonds. The van der Waals surface area contributed by atoms with Gasteiger partial charge in [0.05, 0.1) is 0 Å². The second-order valence-corrected chi connectivity index (χ2v) is 4.12. The van der Waals surface area contributed by atoms with Crippen molar-refractivity contribution in [3.8, 4) is 0 Å². The van der Waals surface area contributed by atoms with Crippen molar-refractivity contribution in [2.75, 3.05) is 13.2 Å². The molecule has 1 saturated heterocycles. The van der Waals surface area contributed by atoms with Gasteiger partial charge >= 0.3 is 0 Å². The van der Waals surface area contributed by atoms with Gasteiger partial charge in [0.25, 0.3) is 0 Å². The number of nitrogens with two attached hydrogens (primary N) is 1. The van der Waals surface area contributed by atoms with Crippen LogP contribution in [0.2, 0.25) is 0 Å². The minimum Gasteiger partial charge on any atom is -0.381 e. The van der Waals surface area contributed by atoms with Crippen LogP contribution in [0.3, 0.4) is 0 Å². The molecule has 0 aromatic heterocycles. The van der Waals surface area contributed by atoms with E-state index < -0.39 is 0 Å². The maximum atomic E-state index is 10.6. The van der Waals surface area contributed by atoms with Crippen LogP contribution in [0.15, 0.2) is 0 Å². The van der Waals surface area contributed by atoms with Gasteiger partial charge in [-0.2, -0.15) is 0 Å². The Morgan fingerprint density at radius 2 is 2.14 bits per heavy atom. The Bertz CT molecular complexity index is 163. The summed E-state index contributed by atoms with van der Waals surface area (Å²) in [6.45, 7) is 1.81. The summed E-state index contributed by atoms with van der Waals surface area (Å²) in [5.74, 6) is 0.571. The van der Waals surface area contributed by atoms with Crippen LogP contribution in [0, 0.1) is 5.92 Å². The standard InChI is InChI=1S/C11H21NO2/c12-11(13)6-3-5-10-4-1-2-8-14-9-7-10/h10H,1-9H2,(H2,12,13). The summed E-state index contributed by atoms with van der Waals surface area (Å²) in [4.78, 5) is 10.6. The summed E-state index contributed by atoms with van der Waals surface area (Å²) >= 11 is 0. The lowest BCUT2D eigenvalue weighted by Crippen LogP contribution is -2.13. The predicted molar refractivity (Wildman–Crippen MR) is 55.8 cm³/mol. The zero-order chi connectivity index (χ0) is 10.2. The molecule has 1 fully saturated rings. The maximum Gasteiger partial charge on any atom is 0.217 e. The van der Waals surface area contributed by atoms with E-state index in [0.717, 1.165) is 38.4 Å². The van der Waals surface area contributed by atoms with Gasteiger partial charge in [0.1, 0.15) is 0 Å². The Balaban J connectivity index is 2.10. The lowest BCUT2D eigenvalue weighted by atomic mass is 9.92. The molecule has 14 heavy (non-hydrogen) atoms. The number of primary amides is 1.